The van der Waals surface area contributed by atoms with Gasteiger partial charge in [-0.3, -0.25) is 9.69 Å². The predicted octanol–water partition coefficient (Wildman–Crippen LogP) is 2.49. The summed E-state index contributed by atoms with van der Waals surface area (Å²) < 4.78 is 6.75. The van der Waals surface area contributed by atoms with E-state index < -0.39 is 0 Å². The molecule has 116 valence electrons. The number of nitrogens with zero attached hydrogens (tertiary/aromatic N) is 1. The molecule has 2 rings (SSSR count). The Hall–Kier alpha value is -0.750. The molecule has 21 heavy (non-hydrogen) atoms. The lowest BCUT2D eigenvalue weighted by Crippen LogP contribution is -2.57. The Balaban J connectivity index is 2.12. The molecule has 0 amide bonds. The van der Waals surface area contributed by atoms with Crippen molar-refractivity contribution in [2.45, 2.75) is 38.5 Å². The lowest BCUT2D eigenvalue weighted by molar-refractivity contribution is -0.152. The number of ketones is 1. The van der Waals surface area contributed by atoms with E-state index in [1.807, 2.05) is 45.0 Å². The Morgan fingerprint density at radius 2 is 2.10 bits per heavy atom. The van der Waals surface area contributed by atoms with Gasteiger partial charge in [-0.05, 0) is 32.9 Å². The van der Waals surface area contributed by atoms with Crippen molar-refractivity contribution in [2.75, 3.05) is 19.7 Å². The van der Waals surface area contributed by atoms with Crippen LogP contribution in [0.1, 0.15) is 31.1 Å². The van der Waals surface area contributed by atoms with Crippen molar-refractivity contribution in [3.63, 3.8) is 0 Å². The van der Waals surface area contributed by atoms with Gasteiger partial charge in [-0.2, -0.15) is 0 Å². The number of benzene rings is 1. The van der Waals surface area contributed by atoms with E-state index in [0.29, 0.717) is 18.7 Å². The van der Waals surface area contributed by atoms with Gasteiger partial charge in [0.25, 0.3) is 0 Å². The molecule has 4 nitrogen and oxygen atoms in total. The van der Waals surface area contributed by atoms with Gasteiger partial charge >= 0.3 is 0 Å². The first-order valence-electron chi connectivity index (χ1n) is 7.15. The monoisotopic (exact) mass is 355 g/mol. The number of hydrogen-bond donors (Lipinski definition) is 1. The average molecular weight is 356 g/mol. The number of aliphatic hydroxyl groups is 1. The van der Waals surface area contributed by atoms with E-state index in [2.05, 4.69) is 20.8 Å². The van der Waals surface area contributed by atoms with E-state index in [9.17, 15) is 9.90 Å². The number of rotatable bonds is 4. The van der Waals surface area contributed by atoms with E-state index in [0.717, 1.165) is 4.47 Å². The highest BCUT2D eigenvalue weighted by Gasteiger charge is 2.36. The van der Waals surface area contributed by atoms with Crippen LogP contribution in [0.4, 0.5) is 0 Å². The first-order chi connectivity index (χ1) is 9.82. The summed E-state index contributed by atoms with van der Waals surface area (Å²) in [6.07, 6.45) is -0.242. The fraction of sp³-hybridized carbons (Fsp3) is 0.562. The zero-order valence-corrected chi connectivity index (χ0v) is 14.3. The van der Waals surface area contributed by atoms with E-state index in [-0.39, 0.29) is 30.1 Å². The van der Waals surface area contributed by atoms with E-state index in [1.165, 1.54) is 0 Å². The molecule has 1 aromatic carbocycles. The fourth-order valence-electron chi connectivity index (χ4n) is 2.75. The summed E-state index contributed by atoms with van der Waals surface area (Å²) in [7, 11) is 0. The highest BCUT2D eigenvalue weighted by atomic mass is 79.9. The number of Topliss-reactive ketones (excluding diaryl/α,β-unsaturated/α-hetero) is 1. The minimum absolute atomic E-state index is 0.0286. The number of halogens is 1. The molecular weight excluding hydrogens is 334 g/mol. The van der Waals surface area contributed by atoms with Gasteiger partial charge in [0.05, 0.1) is 24.4 Å². The van der Waals surface area contributed by atoms with Crippen molar-refractivity contribution < 1.29 is 14.6 Å². The molecule has 1 fully saturated rings. The number of aliphatic hydroxyl groups excluding tert-OH is 1. The Labute approximate surface area is 134 Å². The zero-order chi connectivity index (χ0) is 15.6. The molecule has 0 spiro atoms. The van der Waals surface area contributed by atoms with Gasteiger partial charge in [0, 0.05) is 23.1 Å². The van der Waals surface area contributed by atoms with E-state index in [1.54, 1.807) is 0 Å². The smallest absolute Gasteiger partial charge is 0.179 e. The van der Waals surface area contributed by atoms with Crippen LogP contribution in [-0.2, 0) is 4.74 Å². The summed E-state index contributed by atoms with van der Waals surface area (Å²) in [5, 5.41) is 9.37. The third-order valence-corrected chi connectivity index (χ3v) is 4.30. The first kappa shape index (κ1) is 16.6. The molecular formula is C16H22BrNO3. The summed E-state index contributed by atoms with van der Waals surface area (Å²) in [4.78, 5) is 14.7. The van der Waals surface area contributed by atoms with Crippen molar-refractivity contribution in [1.29, 1.82) is 0 Å². The second-order valence-corrected chi connectivity index (χ2v) is 7.07. The molecule has 0 aliphatic carbocycles. The second-order valence-electron chi connectivity index (χ2n) is 6.16. The molecule has 0 radical (unpaired) electrons. The molecule has 0 saturated carbocycles. The number of carbonyl (C=O) groups is 1. The lowest BCUT2D eigenvalue weighted by Gasteiger charge is -2.44. The van der Waals surface area contributed by atoms with Crippen LogP contribution in [0.3, 0.4) is 0 Å². The van der Waals surface area contributed by atoms with Crippen LogP contribution in [0.25, 0.3) is 0 Å². The van der Waals surface area contributed by atoms with Crippen LogP contribution < -0.4 is 0 Å². The van der Waals surface area contributed by atoms with Crippen LogP contribution in [0.15, 0.2) is 28.7 Å². The molecule has 1 aliphatic heterocycles. The van der Waals surface area contributed by atoms with Crippen molar-refractivity contribution >= 4 is 21.7 Å². The minimum atomic E-state index is -0.361. The topological polar surface area (TPSA) is 49.8 Å². The third-order valence-electron chi connectivity index (χ3n) is 3.77. The Morgan fingerprint density at radius 1 is 1.48 bits per heavy atom. The average Bonchev–Trinajstić information content (AvgIpc) is 2.44. The number of morpholine rings is 1. The molecule has 5 heteroatoms. The van der Waals surface area contributed by atoms with Crippen molar-refractivity contribution in [1.82, 2.24) is 4.90 Å². The number of ether oxygens (including phenoxy) is 1. The van der Waals surface area contributed by atoms with Crippen molar-refractivity contribution in [3.05, 3.63) is 34.3 Å². The zero-order valence-electron chi connectivity index (χ0n) is 12.7. The maximum atomic E-state index is 12.6. The second kappa shape index (κ2) is 6.57. The largest absolute Gasteiger partial charge is 0.394 e. The fourth-order valence-corrected chi connectivity index (χ4v) is 3.02. The highest BCUT2D eigenvalue weighted by Crippen LogP contribution is 2.24. The predicted molar refractivity (Wildman–Crippen MR) is 85.5 cm³/mol. The van der Waals surface area contributed by atoms with E-state index in [4.69, 9.17) is 4.74 Å². The summed E-state index contributed by atoms with van der Waals surface area (Å²) in [6, 6.07) is 7.18. The summed E-state index contributed by atoms with van der Waals surface area (Å²) in [5.41, 5.74) is 0.343. The summed E-state index contributed by atoms with van der Waals surface area (Å²) in [6.45, 7) is 7.10. The minimum Gasteiger partial charge on any atom is -0.394 e. The lowest BCUT2D eigenvalue weighted by atomic mass is 9.99. The highest BCUT2D eigenvalue weighted by molar-refractivity contribution is 9.10. The standard InChI is InChI=1S/C16H22BrNO3/c1-11(15(20)12-4-6-13(17)7-5-12)18-8-14(9-19)21-16(2,3)10-18/h4-7,11,14,19H,8-10H2,1-3H3. The van der Waals surface area contributed by atoms with Crippen molar-refractivity contribution in [2.24, 2.45) is 0 Å². The molecule has 1 aromatic rings. The van der Waals surface area contributed by atoms with Crippen LogP contribution in [0, 0.1) is 0 Å². The molecule has 1 heterocycles. The Morgan fingerprint density at radius 3 is 2.67 bits per heavy atom. The third kappa shape index (κ3) is 4.13. The van der Waals surface area contributed by atoms with Gasteiger partial charge in [-0.15, -0.1) is 0 Å². The first-order valence-corrected chi connectivity index (χ1v) is 7.94. The summed E-state index contributed by atoms with van der Waals surface area (Å²) in [5.74, 6) is 0.0943. The summed E-state index contributed by atoms with van der Waals surface area (Å²) >= 11 is 3.37. The molecule has 1 N–H and O–H groups in total. The van der Waals surface area contributed by atoms with Crippen molar-refractivity contribution in [3.8, 4) is 0 Å². The molecule has 2 unspecified atom stereocenters. The molecule has 1 aliphatic rings. The SMILES string of the molecule is CC(C(=O)c1ccc(Br)cc1)N1CC(CO)OC(C)(C)C1. The molecule has 0 bridgehead atoms. The van der Waals surface area contributed by atoms with Gasteiger partial charge in [-0.1, -0.05) is 28.1 Å². The molecule has 1 saturated heterocycles. The molecule has 0 aromatic heterocycles. The Kier molecular flexibility index (Phi) is 5.20. The van der Waals surface area contributed by atoms with Crippen LogP contribution >= 0.6 is 15.9 Å². The maximum Gasteiger partial charge on any atom is 0.179 e. The quantitative estimate of drug-likeness (QED) is 0.843. The van der Waals surface area contributed by atoms with Gasteiger partial charge in [0.15, 0.2) is 5.78 Å². The van der Waals surface area contributed by atoms with Crippen LogP contribution in [0.2, 0.25) is 0 Å². The van der Waals surface area contributed by atoms with Gasteiger partial charge in [-0.25, -0.2) is 0 Å². The maximum absolute atomic E-state index is 12.6. The van der Waals surface area contributed by atoms with Crippen LogP contribution in [0.5, 0.6) is 0 Å². The van der Waals surface area contributed by atoms with E-state index >= 15 is 0 Å². The normalized spacial score (nSPS) is 23.8. The number of hydrogen-bond acceptors (Lipinski definition) is 4. The molecule has 2 atom stereocenters. The van der Waals surface area contributed by atoms with Gasteiger partial charge in [0.1, 0.15) is 0 Å². The van der Waals surface area contributed by atoms with Gasteiger partial charge < -0.3 is 9.84 Å². The Bertz CT molecular complexity index is 501. The van der Waals surface area contributed by atoms with Crippen LogP contribution in [-0.4, -0.2) is 53.2 Å². The van der Waals surface area contributed by atoms with Gasteiger partial charge in [0.2, 0.25) is 0 Å². The number of carbonyl (C=O) groups excluding carboxylic acids is 1.